The Hall–Kier alpha value is -3.71. The number of amides is 2. The summed E-state index contributed by atoms with van der Waals surface area (Å²) in [6.45, 7) is 5.97. The van der Waals surface area contributed by atoms with Crippen LogP contribution in [0.1, 0.15) is 55.5 Å². The summed E-state index contributed by atoms with van der Waals surface area (Å²) in [5.74, 6) is -0.331. The number of carbonyl (C=O) groups is 2. The lowest BCUT2D eigenvalue weighted by Gasteiger charge is -2.14. The van der Waals surface area contributed by atoms with E-state index in [1.165, 1.54) is 6.07 Å². The van der Waals surface area contributed by atoms with E-state index in [4.69, 9.17) is 4.74 Å². The lowest BCUT2D eigenvalue weighted by molar-refractivity contribution is 0.0508. The predicted molar refractivity (Wildman–Crippen MR) is 150 cm³/mol. The van der Waals surface area contributed by atoms with Crippen LogP contribution in [-0.2, 0) is 37.6 Å². The highest BCUT2D eigenvalue weighted by atomic mass is 32.2. The molecule has 3 rings (SSSR count). The van der Waals surface area contributed by atoms with Crippen LogP contribution in [-0.4, -0.2) is 57.8 Å². The molecular weight excluding hydrogens is 556 g/mol. The molecule has 0 aliphatic carbocycles. The summed E-state index contributed by atoms with van der Waals surface area (Å²) in [4.78, 5) is 29.1. The van der Waals surface area contributed by atoms with Gasteiger partial charge < -0.3 is 14.6 Å². The van der Waals surface area contributed by atoms with Gasteiger partial charge in [-0.15, -0.1) is 0 Å². The number of urea groups is 1. The highest BCUT2D eigenvalue weighted by Crippen LogP contribution is 2.28. The van der Waals surface area contributed by atoms with E-state index in [2.05, 4.69) is 10.3 Å². The number of esters is 1. The number of hydrogen-bond donors (Lipinski definition) is 2. The first-order valence-electron chi connectivity index (χ1n) is 12.9. The number of ether oxygens (including phenoxy) is 1. The lowest BCUT2D eigenvalue weighted by atomic mass is 10.0. The molecule has 0 aliphatic rings. The third-order valence-electron chi connectivity index (χ3n) is 5.85. The fourth-order valence-electron chi connectivity index (χ4n) is 4.08. The maximum Gasteiger partial charge on any atom is 0.358 e. The number of aromatic nitrogens is 2. The van der Waals surface area contributed by atoms with Crippen LogP contribution in [0.5, 0.6) is 0 Å². The SMILES string of the molecule is CCCNC(=O)NS(=O)(=O)c1ccccc1-c1ccc(Cn2c(CCC)nc(S(C)(=O)=O)c2C(=O)OCC)cc1. The highest BCUT2D eigenvalue weighted by molar-refractivity contribution is 7.90. The molecule has 11 nitrogen and oxygen atoms in total. The standard InChI is InChI=1S/C27H34N4O7S2/c1-5-10-23-29-25(39(4,34)35)24(26(32)38-7-3)31(23)18-19-13-15-20(16-14-19)21-11-8-9-12-22(21)40(36,37)30-27(33)28-17-6-2/h8-9,11-16H,5-7,10,17-18H2,1-4H3,(H2,28,30,33). The van der Waals surface area contributed by atoms with Crippen LogP contribution in [0.2, 0.25) is 0 Å². The fourth-order valence-corrected chi connectivity index (χ4v) is 6.05. The average molecular weight is 591 g/mol. The molecule has 0 spiro atoms. The zero-order valence-electron chi connectivity index (χ0n) is 22.9. The Bertz CT molecular complexity index is 1580. The quantitative estimate of drug-likeness (QED) is 0.304. The van der Waals surface area contributed by atoms with Crippen LogP contribution in [0.15, 0.2) is 58.5 Å². The minimum Gasteiger partial charge on any atom is -0.461 e. The van der Waals surface area contributed by atoms with Crippen molar-refractivity contribution in [2.45, 2.75) is 56.5 Å². The fraction of sp³-hybridized carbons (Fsp3) is 0.370. The molecule has 1 aromatic heterocycles. The van der Waals surface area contributed by atoms with Crippen molar-refractivity contribution < 1.29 is 31.2 Å². The van der Waals surface area contributed by atoms with Crippen LogP contribution in [0, 0.1) is 0 Å². The first-order chi connectivity index (χ1) is 18.9. The first kappa shape index (κ1) is 30.8. The van der Waals surface area contributed by atoms with Gasteiger partial charge in [0.05, 0.1) is 11.5 Å². The second kappa shape index (κ2) is 13.1. The molecule has 0 atom stereocenters. The molecule has 2 aromatic carbocycles. The average Bonchev–Trinajstić information content (AvgIpc) is 3.26. The maximum atomic E-state index is 13.0. The van der Waals surface area contributed by atoms with Crippen molar-refractivity contribution in [2.24, 2.45) is 0 Å². The molecule has 40 heavy (non-hydrogen) atoms. The molecule has 2 N–H and O–H groups in total. The Balaban J connectivity index is 1.99. The van der Waals surface area contributed by atoms with E-state index in [1.54, 1.807) is 54.0 Å². The van der Waals surface area contributed by atoms with Crippen LogP contribution in [0.4, 0.5) is 4.79 Å². The zero-order valence-corrected chi connectivity index (χ0v) is 24.6. The maximum absolute atomic E-state index is 13.0. The number of nitrogens with one attached hydrogen (secondary N) is 2. The van der Waals surface area contributed by atoms with E-state index in [0.29, 0.717) is 42.8 Å². The molecule has 0 unspecified atom stereocenters. The molecule has 216 valence electrons. The minimum absolute atomic E-state index is 0.0587. The molecule has 0 saturated carbocycles. The lowest BCUT2D eigenvalue weighted by Crippen LogP contribution is -2.39. The van der Waals surface area contributed by atoms with Crippen molar-refractivity contribution in [1.82, 2.24) is 19.6 Å². The summed E-state index contributed by atoms with van der Waals surface area (Å²) < 4.78 is 59.6. The number of hydrogen-bond acceptors (Lipinski definition) is 8. The molecule has 13 heteroatoms. The van der Waals surface area contributed by atoms with E-state index < -0.39 is 31.9 Å². The molecule has 0 bridgehead atoms. The summed E-state index contributed by atoms with van der Waals surface area (Å²) >= 11 is 0. The van der Waals surface area contributed by atoms with Gasteiger partial charge in [0, 0.05) is 31.3 Å². The molecule has 0 radical (unpaired) electrons. The number of sulfonamides is 1. The van der Waals surface area contributed by atoms with Crippen LogP contribution >= 0.6 is 0 Å². The molecular formula is C27H34N4O7S2. The van der Waals surface area contributed by atoms with Gasteiger partial charge in [0.25, 0.3) is 10.0 Å². The summed E-state index contributed by atoms with van der Waals surface area (Å²) in [6, 6.07) is 12.5. The van der Waals surface area contributed by atoms with Gasteiger partial charge in [-0.1, -0.05) is 56.3 Å². The van der Waals surface area contributed by atoms with Crippen molar-refractivity contribution in [1.29, 1.82) is 0 Å². The van der Waals surface area contributed by atoms with Gasteiger partial charge in [-0.2, -0.15) is 0 Å². The number of aryl methyl sites for hydroxylation is 1. The highest BCUT2D eigenvalue weighted by Gasteiger charge is 2.30. The summed E-state index contributed by atoms with van der Waals surface area (Å²) in [5.41, 5.74) is 1.58. The Kier molecular flexibility index (Phi) is 10.1. The smallest absolute Gasteiger partial charge is 0.358 e. The van der Waals surface area contributed by atoms with Crippen molar-refractivity contribution in [3.05, 3.63) is 65.6 Å². The van der Waals surface area contributed by atoms with Crippen molar-refractivity contribution in [2.75, 3.05) is 19.4 Å². The second-order valence-electron chi connectivity index (χ2n) is 9.07. The van der Waals surface area contributed by atoms with Gasteiger partial charge in [-0.3, -0.25) is 0 Å². The van der Waals surface area contributed by atoms with Gasteiger partial charge in [0.2, 0.25) is 0 Å². The molecule has 1 heterocycles. The Morgan fingerprint density at radius 2 is 1.62 bits per heavy atom. The van der Waals surface area contributed by atoms with E-state index in [0.717, 1.165) is 11.8 Å². The van der Waals surface area contributed by atoms with E-state index in [-0.39, 0.29) is 28.8 Å². The number of benzene rings is 2. The molecule has 3 aromatic rings. The van der Waals surface area contributed by atoms with Crippen LogP contribution in [0.25, 0.3) is 11.1 Å². The Labute approximate surface area is 234 Å². The monoisotopic (exact) mass is 590 g/mol. The number of imidazole rings is 1. The largest absolute Gasteiger partial charge is 0.461 e. The van der Waals surface area contributed by atoms with Gasteiger partial charge in [0.1, 0.15) is 5.82 Å². The summed E-state index contributed by atoms with van der Waals surface area (Å²) in [5, 5.41) is 2.17. The van der Waals surface area contributed by atoms with E-state index >= 15 is 0 Å². The number of sulfone groups is 1. The topological polar surface area (TPSA) is 154 Å². The zero-order chi connectivity index (χ0) is 29.5. The number of carbonyl (C=O) groups excluding carboxylic acids is 2. The molecule has 0 saturated heterocycles. The van der Waals surface area contributed by atoms with Crippen molar-refractivity contribution in [3.63, 3.8) is 0 Å². The van der Waals surface area contributed by atoms with Gasteiger partial charge in [-0.25, -0.2) is 36.1 Å². The molecule has 0 aliphatic heterocycles. The normalized spacial score (nSPS) is 11.7. The summed E-state index contributed by atoms with van der Waals surface area (Å²) in [7, 11) is -7.96. The Morgan fingerprint density at radius 1 is 0.950 bits per heavy atom. The Morgan fingerprint density at radius 3 is 2.23 bits per heavy atom. The first-order valence-corrected chi connectivity index (χ1v) is 16.3. The van der Waals surface area contributed by atoms with Gasteiger partial charge >= 0.3 is 12.0 Å². The minimum atomic E-state index is -4.15. The van der Waals surface area contributed by atoms with Gasteiger partial charge in [-0.05, 0) is 37.0 Å². The third-order valence-corrected chi connectivity index (χ3v) is 8.23. The van der Waals surface area contributed by atoms with Gasteiger partial charge in [0.15, 0.2) is 20.6 Å². The van der Waals surface area contributed by atoms with Crippen LogP contribution < -0.4 is 10.0 Å². The molecule has 0 fully saturated rings. The molecule has 2 amide bonds. The third kappa shape index (κ3) is 7.27. The van der Waals surface area contributed by atoms with Crippen molar-refractivity contribution in [3.8, 4) is 11.1 Å². The number of rotatable bonds is 12. The van der Waals surface area contributed by atoms with E-state index in [1.807, 2.05) is 18.6 Å². The van der Waals surface area contributed by atoms with E-state index in [9.17, 15) is 26.4 Å². The van der Waals surface area contributed by atoms with Crippen LogP contribution in [0.3, 0.4) is 0 Å². The van der Waals surface area contributed by atoms with Crippen molar-refractivity contribution >= 4 is 31.9 Å². The predicted octanol–water partition coefficient (Wildman–Crippen LogP) is 3.53. The number of nitrogens with zero attached hydrogens (tertiary/aromatic N) is 2. The summed E-state index contributed by atoms with van der Waals surface area (Å²) in [6.07, 6.45) is 2.79. The second-order valence-corrected chi connectivity index (χ2v) is 12.6.